The molecule has 2 atom stereocenters. The van der Waals surface area contributed by atoms with E-state index in [1.807, 2.05) is 29.5 Å². The molecule has 1 aliphatic rings. The van der Waals surface area contributed by atoms with Gasteiger partial charge in [0, 0.05) is 24.0 Å². The van der Waals surface area contributed by atoms with Crippen LogP contribution in [0, 0.1) is 0 Å². The number of hydrogen-bond donors (Lipinski definition) is 3. The fraction of sp³-hybridized carbons (Fsp3) is 0.571. The van der Waals surface area contributed by atoms with Crippen LogP contribution >= 0.6 is 11.3 Å². The summed E-state index contributed by atoms with van der Waals surface area (Å²) >= 11 is 1.51. The summed E-state index contributed by atoms with van der Waals surface area (Å²) in [6, 6.07) is 3.22. The molecule has 21 heavy (non-hydrogen) atoms. The first-order valence-corrected chi connectivity index (χ1v) is 8.02. The number of piperidine rings is 1. The number of carbonyl (C=O) groups is 2. The van der Waals surface area contributed by atoms with Crippen molar-refractivity contribution in [3.05, 3.63) is 22.4 Å². The van der Waals surface area contributed by atoms with E-state index in [0.29, 0.717) is 6.04 Å². The van der Waals surface area contributed by atoms with Crippen molar-refractivity contribution in [2.24, 2.45) is 5.73 Å². The lowest BCUT2D eigenvalue weighted by atomic mass is 10.0. The Kier molecular flexibility index (Phi) is 5.58. The highest BCUT2D eigenvalue weighted by Crippen LogP contribution is 2.23. The van der Waals surface area contributed by atoms with E-state index >= 15 is 0 Å². The number of likely N-dealkylation sites (tertiary alicyclic amines) is 1. The lowest BCUT2D eigenvalue weighted by molar-refractivity contribution is -0.133. The Balaban J connectivity index is 1.99. The van der Waals surface area contributed by atoms with Crippen LogP contribution in [0.2, 0.25) is 0 Å². The minimum absolute atomic E-state index is 0.0575. The number of hydrogen-bond acceptors (Lipinski definition) is 4. The summed E-state index contributed by atoms with van der Waals surface area (Å²) in [7, 11) is 1.92. The maximum Gasteiger partial charge on any atom is 0.312 e. The molecule has 4 N–H and O–H groups in total. The van der Waals surface area contributed by atoms with Crippen molar-refractivity contribution in [2.45, 2.75) is 31.3 Å². The molecule has 0 radical (unpaired) electrons. The van der Waals surface area contributed by atoms with Gasteiger partial charge in [0.1, 0.15) is 0 Å². The molecule has 7 heteroatoms. The highest BCUT2D eigenvalue weighted by Gasteiger charge is 2.26. The largest absolute Gasteiger partial charge is 0.352 e. The number of nitrogens with two attached hydrogens (primary N) is 1. The van der Waals surface area contributed by atoms with Crippen molar-refractivity contribution in [1.82, 2.24) is 15.5 Å². The highest BCUT2D eigenvalue weighted by atomic mass is 32.1. The fourth-order valence-electron chi connectivity index (χ4n) is 2.63. The van der Waals surface area contributed by atoms with Crippen molar-refractivity contribution in [3.8, 4) is 0 Å². The maximum atomic E-state index is 12.5. The third kappa shape index (κ3) is 4.44. The van der Waals surface area contributed by atoms with E-state index in [2.05, 4.69) is 10.6 Å². The number of nitrogens with zero attached hydrogens (tertiary/aromatic N) is 1. The normalized spacial score (nSPS) is 20.0. The van der Waals surface area contributed by atoms with Gasteiger partial charge >= 0.3 is 6.03 Å². The third-order valence-electron chi connectivity index (χ3n) is 3.76. The van der Waals surface area contributed by atoms with Gasteiger partial charge in [-0.25, -0.2) is 4.79 Å². The lowest BCUT2D eigenvalue weighted by Crippen LogP contribution is -2.48. The minimum atomic E-state index is -0.604. The van der Waals surface area contributed by atoms with Crippen LogP contribution in [0.4, 0.5) is 4.79 Å². The van der Waals surface area contributed by atoms with Gasteiger partial charge in [0.25, 0.3) is 0 Å². The predicted octanol–water partition coefficient (Wildman–Crippen LogP) is 1.06. The fourth-order valence-corrected chi connectivity index (χ4v) is 3.40. The summed E-state index contributed by atoms with van der Waals surface area (Å²) in [6.07, 6.45) is 2.35. The number of thiophene rings is 1. The standard InChI is InChI=1S/C14H22N4O2S/c1-16-10-4-2-6-18(9-10)13(19)8-11(17-14(15)20)12-5-3-7-21-12/h3,5,7,10-11,16H,2,4,6,8-9H2,1H3,(H3,15,17,20)/t10-,11+/m0/s1. The molecule has 0 saturated carbocycles. The summed E-state index contributed by atoms with van der Waals surface area (Å²) in [5, 5.41) is 7.81. The Morgan fingerprint density at radius 3 is 3.00 bits per heavy atom. The molecule has 116 valence electrons. The summed E-state index contributed by atoms with van der Waals surface area (Å²) < 4.78 is 0. The Morgan fingerprint density at radius 1 is 1.57 bits per heavy atom. The molecule has 6 nitrogen and oxygen atoms in total. The number of urea groups is 1. The molecule has 3 amide bonds. The van der Waals surface area contributed by atoms with Crippen LogP contribution in [-0.4, -0.2) is 43.0 Å². The Hall–Kier alpha value is -1.60. The molecule has 0 spiro atoms. The van der Waals surface area contributed by atoms with Crippen LogP contribution in [0.5, 0.6) is 0 Å². The van der Waals surface area contributed by atoms with Gasteiger partial charge in [-0.15, -0.1) is 11.3 Å². The number of amides is 3. The van der Waals surface area contributed by atoms with Gasteiger partial charge in [0.05, 0.1) is 12.5 Å². The minimum Gasteiger partial charge on any atom is -0.352 e. The van der Waals surface area contributed by atoms with Gasteiger partial charge in [0.15, 0.2) is 0 Å². The van der Waals surface area contributed by atoms with Crippen LogP contribution < -0.4 is 16.4 Å². The van der Waals surface area contributed by atoms with Gasteiger partial charge in [-0.3, -0.25) is 4.79 Å². The first kappa shape index (κ1) is 15.8. The number of primary amides is 1. The summed E-state index contributed by atoms with van der Waals surface area (Å²) in [5.41, 5.74) is 5.22. The highest BCUT2D eigenvalue weighted by molar-refractivity contribution is 7.10. The van der Waals surface area contributed by atoms with E-state index in [-0.39, 0.29) is 18.4 Å². The maximum absolute atomic E-state index is 12.5. The van der Waals surface area contributed by atoms with E-state index in [4.69, 9.17) is 5.73 Å². The van der Waals surface area contributed by atoms with Crippen LogP contribution in [0.15, 0.2) is 17.5 Å². The number of carbonyl (C=O) groups excluding carboxylic acids is 2. The van der Waals surface area contributed by atoms with Gasteiger partial charge in [-0.05, 0) is 31.3 Å². The van der Waals surface area contributed by atoms with E-state index in [1.165, 1.54) is 11.3 Å². The third-order valence-corrected chi connectivity index (χ3v) is 4.75. The second-order valence-electron chi connectivity index (χ2n) is 5.25. The molecule has 1 aromatic heterocycles. The Labute approximate surface area is 128 Å². The van der Waals surface area contributed by atoms with Crippen molar-refractivity contribution < 1.29 is 9.59 Å². The average molecular weight is 310 g/mol. The molecule has 0 unspecified atom stereocenters. The molecule has 0 bridgehead atoms. The second-order valence-corrected chi connectivity index (χ2v) is 6.23. The SMILES string of the molecule is CN[C@H]1CCCN(C(=O)C[C@@H](NC(N)=O)c2cccs2)C1. The van der Waals surface area contributed by atoms with Crippen LogP contribution in [0.25, 0.3) is 0 Å². The zero-order chi connectivity index (χ0) is 15.2. The lowest BCUT2D eigenvalue weighted by Gasteiger charge is -2.33. The Morgan fingerprint density at radius 2 is 2.38 bits per heavy atom. The molecule has 1 aliphatic heterocycles. The van der Waals surface area contributed by atoms with Crippen molar-refractivity contribution in [2.75, 3.05) is 20.1 Å². The molecule has 1 aromatic rings. The summed E-state index contributed by atoms with van der Waals surface area (Å²) in [6.45, 7) is 1.51. The zero-order valence-electron chi connectivity index (χ0n) is 12.2. The molecular weight excluding hydrogens is 288 g/mol. The Bertz CT molecular complexity index is 477. The van der Waals surface area contributed by atoms with Crippen molar-refractivity contribution in [1.29, 1.82) is 0 Å². The van der Waals surface area contributed by atoms with Crippen LogP contribution in [0.1, 0.15) is 30.2 Å². The topological polar surface area (TPSA) is 87.5 Å². The van der Waals surface area contributed by atoms with Crippen LogP contribution in [-0.2, 0) is 4.79 Å². The summed E-state index contributed by atoms with van der Waals surface area (Å²) in [4.78, 5) is 26.4. The number of rotatable bonds is 5. The zero-order valence-corrected chi connectivity index (χ0v) is 13.0. The first-order valence-electron chi connectivity index (χ1n) is 7.14. The van der Waals surface area contributed by atoms with Crippen LogP contribution in [0.3, 0.4) is 0 Å². The molecule has 2 rings (SSSR count). The van der Waals surface area contributed by atoms with Crippen molar-refractivity contribution in [3.63, 3.8) is 0 Å². The molecule has 0 aliphatic carbocycles. The van der Waals surface area contributed by atoms with Gasteiger partial charge in [-0.1, -0.05) is 6.07 Å². The predicted molar refractivity (Wildman–Crippen MR) is 83.1 cm³/mol. The monoisotopic (exact) mass is 310 g/mol. The molecule has 0 aromatic carbocycles. The van der Waals surface area contributed by atoms with Crippen molar-refractivity contribution >= 4 is 23.3 Å². The van der Waals surface area contributed by atoms with E-state index < -0.39 is 6.03 Å². The molecule has 2 heterocycles. The number of likely N-dealkylation sites (N-methyl/N-ethyl adjacent to an activating group) is 1. The average Bonchev–Trinajstić information content (AvgIpc) is 3.00. The van der Waals surface area contributed by atoms with Gasteiger partial charge in [0.2, 0.25) is 5.91 Å². The smallest absolute Gasteiger partial charge is 0.312 e. The summed E-state index contributed by atoms with van der Waals surface area (Å²) in [5.74, 6) is 0.0575. The van der Waals surface area contributed by atoms with Gasteiger partial charge < -0.3 is 21.3 Å². The second kappa shape index (κ2) is 7.42. The molecular formula is C14H22N4O2S. The quantitative estimate of drug-likeness (QED) is 0.760. The van der Waals surface area contributed by atoms with E-state index in [9.17, 15) is 9.59 Å². The molecule has 1 fully saturated rings. The van der Waals surface area contributed by atoms with Gasteiger partial charge in [-0.2, -0.15) is 0 Å². The van der Waals surface area contributed by atoms with E-state index in [1.54, 1.807) is 0 Å². The number of nitrogens with one attached hydrogen (secondary N) is 2. The first-order chi connectivity index (χ1) is 10.1. The van der Waals surface area contributed by atoms with E-state index in [0.717, 1.165) is 30.8 Å². The molecule has 1 saturated heterocycles.